The van der Waals surface area contributed by atoms with Gasteiger partial charge in [-0.3, -0.25) is 9.55 Å². The SMILES string of the molecule is [2H]C([2H])([2H])c1cc(-c2c(C([2H])(C)C)cccc2C([2H])(C)C)ccc1-n1c(-c2cc(C)cc(C)c2O)nc2c(-c3[c-]c(-c4cc(-c5ccc(C(C)(C)C)cc5)ccn4)cc(C(C)(C)C)c3)cccc21.[Pt]. The molecule has 0 aliphatic rings. The van der Waals surface area contributed by atoms with Gasteiger partial charge in [-0.05, 0) is 129 Å². The predicted octanol–water partition coefficient (Wildman–Crippen LogP) is 16.0. The van der Waals surface area contributed by atoms with Gasteiger partial charge in [-0.2, -0.15) is 0 Å². The topological polar surface area (TPSA) is 50.9 Å². The zero-order chi connectivity index (χ0) is 49.5. The van der Waals surface area contributed by atoms with Crippen LogP contribution in [0.5, 0.6) is 5.75 Å². The molecule has 0 spiro atoms. The molecule has 0 aliphatic heterocycles. The number of aromatic hydroxyl groups is 1. The van der Waals surface area contributed by atoms with E-state index in [1.54, 1.807) is 33.8 Å². The minimum absolute atomic E-state index is 0. The number of phenolic OH excluding ortho intramolecular Hbond substituents is 1. The molecule has 5 heteroatoms. The van der Waals surface area contributed by atoms with Crippen LogP contribution in [0.15, 0.2) is 121 Å². The Hall–Kier alpha value is -5.57. The first kappa shape index (κ1) is 40.0. The summed E-state index contributed by atoms with van der Waals surface area (Å²) in [5.74, 6) is -1.65. The van der Waals surface area contributed by atoms with Crippen molar-refractivity contribution in [3.63, 3.8) is 0 Å². The number of aryl methyl sites for hydroxylation is 3. The van der Waals surface area contributed by atoms with Crippen molar-refractivity contribution in [3.8, 4) is 67.5 Å². The first-order chi connectivity index (χ1) is 31.6. The zero-order valence-corrected chi connectivity index (χ0v) is 41.4. The van der Waals surface area contributed by atoms with E-state index in [1.807, 2.05) is 91.3 Å². The summed E-state index contributed by atoms with van der Waals surface area (Å²) in [6.07, 6.45) is 1.85. The largest absolute Gasteiger partial charge is 0.507 e. The summed E-state index contributed by atoms with van der Waals surface area (Å²) in [7, 11) is 0. The van der Waals surface area contributed by atoms with Gasteiger partial charge in [0, 0.05) is 39.8 Å². The molecule has 2 heterocycles. The van der Waals surface area contributed by atoms with E-state index in [9.17, 15) is 5.11 Å². The van der Waals surface area contributed by atoms with Crippen LogP contribution in [-0.2, 0) is 31.9 Å². The van der Waals surface area contributed by atoms with Gasteiger partial charge >= 0.3 is 0 Å². The van der Waals surface area contributed by atoms with Gasteiger partial charge in [0.15, 0.2) is 0 Å². The number of hydrogen-bond acceptors (Lipinski definition) is 3. The Balaban J connectivity index is 0.00000703. The van der Waals surface area contributed by atoms with Crippen LogP contribution < -0.4 is 0 Å². The number of phenols is 1. The Morgan fingerprint density at radius 1 is 0.656 bits per heavy atom. The Morgan fingerprint density at radius 3 is 1.94 bits per heavy atom. The number of para-hydroxylation sites is 1. The molecule has 8 aromatic rings. The van der Waals surface area contributed by atoms with Crippen molar-refractivity contribution < 1.29 is 33.0 Å². The molecule has 64 heavy (non-hydrogen) atoms. The fourth-order valence-corrected chi connectivity index (χ4v) is 8.66. The van der Waals surface area contributed by atoms with Gasteiger partial charge < -0.3 is 5.11 Å². The van der Waals surface area contributed by atoms with Crippen LogP contribution in [0, 0.1) is 26.8 Å². The van der Waals surface area contributed by atoms with Gasteiger partial charge in [-0.25, -0.2) is 4.98 Å². The van der Waals surface area contributed by atoms with Gasteiger partial charge in [-0.15, -0.1) is 29.3 Å². The second-order valence-electron chi connectivity index (χ2n) is 19.6. The summed E-state index contributed by atoms with van der Waals surface area (Å²) >= 11 is 0. The van der Waals surface area contributed by atoms with Gasteiger partial charge in [0.2, 0.25) is 0 Å². The molecule has 0 atom stereocenters. The Morgan fingerprint density at radius 2 is 1.30 bits per heavy atom. The van der Waals surface area contributed by atoms with Crippen molar-refractivity contribution in [1.82, 2.24) is 14.5 Å². The molecule has 0 amide bonds. The molecule has 0 saturated heterocycles. The predicted molar refractivity (Wildman–Crippen MR) is 266 cm³/mol. The average molecular weight is 1030 g/mol. The van der Waals surface area contributed by atoms with E-state index < -0.39 is 18.6 Å². The molecule has 0 aliphatic carbocycles. The van der Waals surface area contributed by atoms with Crippen LogP contribution in [0.1, 0.15) is 127 Å². The van der Waals surface area contributed by atoms with Crippen LogP contribution >= 0.6 is 0 Å². The fraction of sp³-hybridized carbons (Fsp3) is 0.288. The van der Waals surface area contributed by atoms with Gasteiger partial charge in [0.05, 0.1) is 22.3 Å². The monoisotopic (exact) mass is 1030 g/mol. The number of fused-ring (bicyclic) bond motifs is 1. The fourth-order valence-electron chi connectivity index (χ4n) is 8.66. The summed E-state index contributed by atoms with van der Waals surface area (Å²) in [6.45, 7) is 21.6. The van der Waals surface area contributed by atoms with E-state index in [4.69, 9.17) is 16.8 Å². The van der Waals surface area contributed by atoms with Crippen LogP contribution in [0.3, 0.4) is 0 Å². The molecule has 0 fully saturated rings. The summed E-state index contributed by atoms with van der Waals surface area (Å²) in [5.41, 5.74) is 13.9. The minimum Gasteiger partial charge on any atom is -0.507 e. The van der Waals surface area contributed by atoms with Gasteiger partial charge in [0.25, 0.3) is 0 Å². The van der Waals surface area contributed by atoms with E-state index in [-0.39, 0.29) is 43.2 Å². The Bertz CT molecular complexity index is 3200. The summed E-state index contributed by atoms with van der Waals surface area (Å²) in [5, 5.41) is 11.8. The Kier molecular flexibility index (Phi) is 11.1. The van der Waals surface area contributed by atoms with Crippen LogP contribution in [0.25, 0.3) is 72.7 Å². The molecule has 2 aromatic heterocycles. The van der Waals surface area contributed by atoms with Crippen LogP contribution in [0.2, 0.25) is 0 Å². The van der Waals surface area contributed by atoms with E-state index >= 15 is 0 Å². The number of pyridine rings is 1. The van der Waals surface area contributed by atoms with Crippen molar-refractivity contribution >= 4 is 11.0 Å². The van der Waals surface area contributed by atoms with Crippen molar-refractivity contribution in [3.05, 3.63) is 166 Å². The number of benzene rings is 6. The maximum absolute atomic E-state index is 11.8. The van der Waals surface area contributed by atoms with E-state index in [2.05, 4.69) is 90.1 Å². The average Bonchev–Trinajstić information content (AvgIpc) is 3.65. The zero-order valence-electron chi connectivity index (χ0n) is 44.2. The van der Waals surface area contributed by atoms with E-state index in [1.165, 1.54) is 5.56 Å². The number of nitrogens with zero attached hydrogens (tertiary/aromatic N) is 3. The van der Waals surface area contributed by atoms with Gasteiger partial charge in [-0.1, -0.05) is 153 Å². The maximum atomic E-state index is 11.8. The first-order valence-electron chi connectivity index (χ1n) is 24.4. The molecule has 330 valence electrons. The molecular formula is C59H62N3OPt-. The molecule has 4 nitrogen and oxygen atoms in total. The molecule has 0 bridgehead atoms. The number of imidazole rings is 1. The van der Waals surface area contributed by atoms with Crippen molar-refractivity contribution in [2.75, 3.05) is 0 Å². The summed E-state index contributed by atoms with van der Waals surface area (Å²) < 4.78 is 47.3. The molecule has 8 rings (SSSR count). The van der Waals surface area contributed by atoms with Crippen molar-refractivity contribution in [1.29, 1.82) is 0 Å². The van der Waals surface area contributed by atoms with Crippen LogP contribution in [-0.4, -0.2) is 19.6 Å². The normalized spacial score (nSPS) is 13.7. The van der Waals surface area contributed by atoms with Crippen molar-refractivity contribution in [2.45, 2.75) is 113 Å². The van der Waals surface area contributed by atoms with Crippen molar-refractivity contribution in [2.24, 2.45) is 0 Å². The van der Waals surface area contributed by atoms with E-state index in [0.29, 0.717) is 55.9 Å². The number of hydrogen-bond donors (Lipinski definition) is 1. The molecule has 0 saturated carbocycles. The molecular weight excluding hydrogens is 962 g/mol. The molecule has 6 aromatic carbocycles. The third-order valence-corrected chi connectivity index (χ3v) is 12.2. The number of rotatable bonds is 8. The smallest absolute Gasteiger partial charge is 0.148 e. The Labute approximate surface area is 403 Å². The standard InChI is InChI=1S/C59H62N3O.Pt/c1-35(2)47-16-14-17-48(36(3)4)54(47)42-22-25-52(38(6)30-42)62-53-19-15-18-49(55(53)61-57(62)50-29-37(5)28-39(7)56(50)63)43-31-44(33-46(32-43)59(11,12)13)51-34-41(26-27-60-51)40-20-23-45(24-21-40)58(8,9)10;/h14-30,32-36,63H,1-13H3;/q-1;/i6D3,35D,36D;. The molecule has 0 radical (unpaired) electrons. The summed E-state index contributed by atoms with van der Waals surface area (Å²) in [6, 6.07) is 41.7. The van der Waals surface area contributed by atoms with Gasteiger partial charge in [0.1, 0.15) is 11.6 Å². The first-order valence-corrected chi connectivity index (χ1v) is 21.9. The third kappa shape index (κ3) is 8.92. The maximum Gasteiger partial charge on any atom is 0.148 e. The third-order valence-electron chi connectivity index (χ3n) is 12.2. The second kappa shape index (κ2) is 17.8. The number of aromatic nitrogens is 3. The second-order valence-corrected chi connectivity index (χ2v) is 19.6. The summed E-state index contributed by atoms with van der Waals surface area (Å²) in [4.78, 5) is 10.3. The van der Waals surface area contributed by atoms with E-state index in [0.717, 1.165) is 44.6 Å². The molecule has 0 unspecified atom stereocenters. The quantitative estimate of drug-likeness (QED) is 0.154. The molecule has 1 N–H and O–H groups in total. The minimum atomic E-state index is -2.61. The van der Waals surface area contributed by atoms with Crippen LogP contribution in [0.4, 0.5) is 0 Å².